The van der Waals surface area contributed by atoms with Crippen LogP contribution in [0.1, 0.15) is 26.3 Å². The van der Waals surface area contributed by atoms with E-state index >= 15 is 0 Å². The molecule has 2 N–H and O–H groups in total. The van der Waals surface area contributed by atoms with Crippen LogP contribution >= 0.6 is 24.0 Å². The van der Waals surface area contributed by atoms with Crippen LogP contribution in [0.5, 0.6) is 0 Å². The van der Waals surface area contributed by atoms with E-state index in [4.69, 9.17) is 0 Å². The molecule has 28 heavy (non-hydrogen) atoms. The van der Waals surface area contributed by atoms with Gasteiger partial charge in [0.15, 0.2) is 5.96 Å². The monoisotopic (exact) mass is 498 g/mol. The smallest absolute Gasteiger partial charge is 0.227 e. The minimum atomic E-state index is -0.561. The molecule has 0 saturated carbocycles. The van der Waals surface area contributed by atoms with Crippen LogP contribution in [0.25, 0.3) is 5.69 Å². The third kappa shape index (κ3) is 6.50. The van der Waals surface area contributed by atoms with Gasteiger partial charge in [0, 0.05) is 38.9 Å². The van der Waals surface area contributed by atoms with Crippen LogP contribution in [0, 0.1) is 5.41 Å². The first-order valence-corrected chi connectivity index (χ1v) is 9.18. The van der Waals surface area contributed by atoms with E-state index in [2.05, 4.69) is 20.7 Å². The number of hydrogen-bond donors (Lipinski definition) is 2. The van der Waals surface area contributed by atoms with Crippen molar-refractivity contribution in [3.8, 4) is 5.69 Å². The molecule has 7 nitrogen and oxygen atoms in total. The molecule has 2 aromatic rings. The van der Waals surface area contributed by atoms with Gasteiger partial charge < -0.3 is 15.5 Å². The molecule has 154 valence electrons. The van der Waals surface area contributed by atoms with E-state index in [1.54, 1.807) is 7.05 Å². The van der Waals surface area contributed by atoms with Crippen LogP contribution in [0.2, 0.25) is 0 Å². The Bertz CT molecular complexity index is 772. The van der Waals surface area contributed by atoms with E-state index in [1.807, 2.05) is 80.1 Å². The summed E-state index contributed by atoms with van der Waals surface area (Å²) >= 11 is 0. The maximum atomic E-state index is 12.0. The molecule has 0 saturated heterocycles. The number of aromatic nitrogens is 2. The number of guanidine groups is 1. The van der Waals surface area contributed by atoms with Crippen molar-refractivity contribution < 1.29 is 4.79 Å². The van der Waals surface area contributed by atoms with E-state index in [0.717, 1.165) is 23.8 Å². The zero-order valence-corrected chi connectivity index (χ0v) is 19.6. The van der Waals surface area contributed by atoms with Gasteiger partial charge in [-0.15, -0.1) is 24.0 Å². The molecular formula is C20H31IN6O. The second kappa shape index (κ2) is 11.0. The summed E-state index contributed by atoms with van der Waals surface area (Å²) in [5.41, 5.74) is 1.55. The van der Waals surface area contributed by atoms with E-state index in [1.165, 1.54) is 0 Å². The maximum Gasteiger partial charge on any atom is 0.227 e. The van der Waals surface area contributed by atoms with Gasteiger partial charge in [-0.25, -0.2) is 4.68 Å². The molecule has 1 aromatic heterocycles. The molecule has 0 spiro atoms. The number of hydrogen-bond acceptors (Lipinski definition) is 3. The van der Waals surface area contributed by atoms with E-state index in [0.29, 0.717) is 13.1 Å². The van der Waals surface area contributed by atoms with E-state index < -0.39 is 5.41 Å². The average molecular weight is 498 g/mol. The summed E-state index contributed by atoms with van der Waals surface area (Å²) in [7, 11) is 3.63. The van der Waals surface area contributed by atoms with Crippen molar-refractivity contribution in [2.45, 2.75) is 27.3 Å². The van der Waals surface area contributed by atoms with Crippen LogP contribution in [-0.2, 0) is 11.3 Å². The van der Waals surface area contributed by atoms with Gasteiger partial charge in [-0.1, -0.05) is 18.2 Å². The zero-order valence-electron chi connectivity index (χ0n) is 17.3. The van der Waals surface area contributed by atoms with E-state index in [-0.39, 0.29) is 29.9 Å². The highest BCUT2D eigenvalue weighted by atomic mass is 127. The Balaban J connectivity index is 0.00000392. The first-order chi connectivity index (χ1) is 12.9. The summed E-state index contributed by atoms with van der Waals surface area (Å²) < 4.78 is 1.86. The van der Waals surface area contributed by atoms with Gasteiger partial charge >= 0.3 is 0 Å². The summed E-state index contributed by atoms with van der Waals surface area (Å²) in [6.07, 6.45) is 3.88. The van der Waals surface area contributed by atoms with Crippen molar-refractivity contribution in [1.82, 2.24) is 25.3 Å². The standard InChI is InChI=1S/C20H30N6O.HI/c1-6-22-19(23-15-20(2,3)18(27)21-4)25(5)13-16-12-24-26(14-16)17-10-8-7-9-11-17;/h7-12,14H,6,13,15H2,1-5H3,(H,21,27)(H,22,23);1H. The van der Waals surface area contributed by atoms with Crippen molar-refractivity contribution in [2.24, 2.45) is 10.4 Å². The molecule has 0 radical (unpaired) electrons. The molecule has 0 aliphatic carbocycles. The number of nitrogens with zero attached hydrogens (tertiary/aromatic N) is 4. The SMILES string of the molecule is CCNC(=NCC(C)(C)C(=O)NC)N(C)Cc1cnn(-c2ccccc2)c1.I. The molecular weight excluding hydrogens is 467 g/mol. The Kier molecular flexibility index (Phi) is 9.44. The van der Waals surface area contributed by atoms with Crippen molar-refractivity contribution in [3.63, 3.8) is 0 Å². The second-order valence-corrected chi connectivity index (χ2v) is 7.12. The third-order valence-corrected chi connectivity index (χ3v) is 4.24. The highest BCUT2D eigenvalue weighted by Crippen LogP contribution is 2.16. The fourth-order valence-corrected chi connectivity index (χ4v) is 2.66. The van der Waals surface area contributed by atoms with Crippen LogP contribution in [-0.4, -0.2) is 53.7 Å². The molecule has 0 bridgehead atoms. The van der Waals surface area contributed by atoms with Gasteiger partial charge in [0.2, 0.25) is 5.91 Å². The summed E-state index contributed by atoms with van der Waals surface area (Å²) in [5, 5.41) is 10.4. The van der Waals surface area contributed by atoms with Crippen LogP contribution in [0.15, 0.2) is 47.7 Å². The fraction of sp³-hybridized carbons (Fsp3) is 0.450. The molecule has 0 aliphatic rings. The van der Waals surface area contributed by atoms with Crippen molar-refractivity contribution in [1.29, 1.82) is 0 Å². The highest BCUT2D eigenvalue weighted by Gasteiger charge is 2.26. The average Bonchev–Trinajstić information content (AvgIpc) is 3.13. The largest absolute Gasteiger partial charge is 0.359 e. The molecule has 8 heteroatoms. The number of halogens is 1. The van der Waals surface area contributed by atoms with Gasteiger partial charge in [-0.3, -0.25) is 9.79 Å². The fourth-order valence-electron chi connectivity index (χ4n) is 2.66. The summed E-state index contributed by atoms with van der Waals surface area (Å²) in [4.78, 5) is 18.7. The molecule has 0 fully saturated rings. The lowest BCUT2D eigenvalue weighted by Gasteiger charge is -2.24. The van der Waals surface area contributed by atoms with Crippen molar-refractivity contribution in [3.05, 3.63) is 48.3 Å². The van der Waals surface area contributed by atoms with Gasteiger partial charge in [0.05, 0.1) is 23.8 Å². The summed E-state index contributed by atoms with van der Waals surface area (Å²) in [6.45, 7) is 7.64. The van der Waals surface area contributed by atoms with Crippen molar-refractivity contribution >= 4 is 35.8 Å². The lowest BCUT2D eigenvalue weighted by Crippen LogP contribution is -2.41. The number of aliphatic imine (C=N–C) groups is 1. The van der Waals surface area contributed by atoms with Gasteiger partial charge in [0.25, 0.3) is 0 Å². The number of benzene rings is 1. The van der Waals surface area contributed by atoms with Gasteiger partial charge in [0.1, 0.15) is 0 Å². The normalized spacial score (nSPS) is 11.5. The number of carbonyl (C=O) groups excluding carboxylic acids is 1. The molecule has 1 amide bonds. The Morgan fingerprint density at radius 1 is 1.29 bits per heavy atom. The lowest BCUT2D eigenvalue weighted by molar-refractivity contribution is -0.128. The third-order valence-electron chi connectivity index (χ3n) is 4.24. The number of carbonyl (C=O) groups is 1. The van der Waals surface area contributed by atoms with Crippen molar-refractivity contribution in [2.75, 3.05) is 27.2 Å². The molecule has 0 atom stereocenters. The number of nitrogens with one attached hydrogen (secondary N) is 2. The lowest BCUT2D eigenvalue weighted by atomic mass is 9.93. The minimum absolute atomic E-state index is 0. The number of rotatable bonds is 7. The Morgan fingerprint density at radius 2 is 1.96 bits per heavy atom. The van der Waals surface area contributed by atoms with Gasteiger partial charge in [-0.05, 0) is 32.9 Å². The first kappa shape index (κ1) is 23.9. The quantitative estimate of drug-likeness (QED) is 0.350. The molecule has 1 heterocycles. The molecule has 0 unspecified atom stereocenters. The van der Waals surface area contributed by atoms with Crippen LogP contribution < -0.4 is 10.6 Å². The summed E-state index contributed by atoms with van der Waals surface area (Å²) in [6, 6.07) is 10.0. The minimum Gasteiger partial charge on any atom is -0.359 e. The number of para-hydroxylation sites is 1. The molecule has 2 rings (SSSR count). The first-order valence-electron chi connectivity index (χ1n) is 9.18. The predicted octanol–water partition coefficient (Wildman–Crippen LogP) is 2.66. The van der Waals surface area contributed by atoms with E-state index in [9.17, 15) is 4.79 Å². The predicted molar refractivity (Wildman–Crippen MR) is 124 cm³/mol. The van der Waals surface area contributed by atoms with Crippen LogP contribution in [0.4, 0.5) is 0 Å². The summed E-state index contributed by atoms with van der Waals surface area (Å²) in [5.74, 6) is 0.746. The number of amides is 1. The second-order valence-electron chi connectivity index (χ2n) is 7.12. The molecule has 0 aliphatic heterocycles. The zero-order chi connectivity index (χ0) is 19.9. The maximum absolute atomic E-state index is 12.0. The Hall–Kier alpha value is -2.10. The topological polar surface area (TPSA) is 74.6 Å². The van der Waals surface area contributed by atoms with Crippen LogP contribution in [0.3, 0.4) is 0 Å². The Labute approximate surface area is 184 Å². The highest BCUT2D eigenvalue weighted by molar-refractivity contribution is 14.0. The molecule has 1 aromatic carbocycles. The van der Waals surface area contributed by atoms with Gasteiger partial charge in [-0.2, -0.15) is 5.10 Å². The Morgan fingerprint density at radius 3 is 2.57 bits per heavy atom.